The van der Waals surface area contributed by atoms with Crippen LogP contribution in [-0.4, -0.2) is 14.9 Å². The quantitative estimate of drug-likeness (QED) is 0.628. The molecule has 2 aromatic rings. The molecule has 0 aliphatic rings. The highest BCUT2D eigenvalue weighted by molar-refractivity contribution is 5.61. The molecule has 0 saturated carbocycles. The van der Waals surface area contributed by atoms with Crippen molar-refractivity contribution in [2.24, 2.45) is 0 Å². The molecule has 0 saturated heterocycles. The number of hydrogen-bond donors (Lipinski definition) is 1. The number of rotatable bonds is 2. The molecule has 0 fully saturated rings. The van der Waals surface area contributed by atoms with E-state index in [-0.39, 0.29) is 11.5 Å². The summed E-state index contributed by atoms with van der Waals surface area (Å²) in [5, 5.41) is 10.6. The van der Waals surface area contributed by atoms with Crippen LogP contribution in [0.1, 0.15) is 5.56 Å². The molecule has 0 amide bonds. The molecule has 6 heteroatoms. The monoisotopic (exact) mass is 230 g/mol. The van der Waals surface area contributed by atoms with E-state index in [1.54, 1.807) is 0 Å². The summed E-state index contributed by atoms with van der Waals surface area (Å²) in [5.74, 6) is 0.258. The Balaban J connectivity index is 2.44. The summed E-state index contributed by atoms with van der Waals surface area (Å²) in [6.07, 6.45) is 1.12. The van der Waals surface area contributed by atoms with E-state index in [9.17, 15) is 10.1 Å². The highest BCUT2D eigenvalue weighted by Gasteiger charge is 2.14. The van der Waals surface area contributed by atoms with Gasteiger partial charge in [0.2, 0.25) is 5.82 Å². The van der Waals surface area contributed by atoms with Gasteiger partial charge < -0.3 is 5.73 Å². The van der Waals surface area contributed by atoms with Gasteiger partial charge in [0, 0.05) is 5.56 Å². The Hall–Kier alpha value is -2.50. The van der Waals surface area contributed by atoms with Crippen LogP contribution < -0.4 is 5.73 Å². The van der Waals surface area contributed by atoms with Gasteiger partial charge in [-0.2, -0.15) is 0 Å². The lowest BCUT2D eigenvalue weighted by Crippen LogP contribution is -2.01. The largest absolute Gasteiger partial charge is 0.378 e. The fourth-order valence-corrected chi connectivity index (χ4v) is 1.37. The standard InChI is InChI=1S/C11H10N4O2/c1-7-2-4-8(5-3-7)11-13-6-9(15(16)17)10(12)14-11/h2-6H,1H3,(H2,12,13,14). The van der Waals surface area contributed by atoms with Crippen LogP contribution in [0.15, 0.2) is 30.5 Å². The number of nitrogens with zero attached hydrogens (tertiary/aromatic N) is 3. The Morgan fingerprint density at radius 2 is 1.94 bits per heavy atom. The topological polar surface area (TPSA) is 94.9 Å². The Morgan fingerprint density at radius 1 is 1.29 bits per heavy atom. The van der Waals surface area contributed by atoms with Crippen LogP contribution in [0, 0.1) is 17.0 Å². The van der Waals surface area contributed by atoms with Crippen LogP contribution in [0.2, 0.25) is 0 Å². The van der Waals surface area contributed by atoms with Crippen molar-refractivity contribution in [1.29, 1.82) is 0 Å². The fraction of sp³-hybridized carbons (Fsp3) is 0.0909. The van der Waals surface area contributed by atoms with E-state index in [2.05, 4.69) is 9.97 Å². The Morgan fingerprint density at radius 3 is 2.47 bits per heavy atom. The minimum Gasteiger partial charge on any atom is -0.378 e. The first-order valence-corrected chi connectivity index (χ1v) is 4.92. The number of benzene rings is 1. The lowest BCUT2D eigenvalue weighted by molar-refractivity contribution is -0.384. The number of aromatic nitrogens is 2. The average molecular weight is 230 g/mol. The maximum absolute atomic E-state index is 10.6. The van der Waals surface area contributed by atoms with Gasteiger partial charge in [-0.3, -0.25) is 10.1 Å². The highest BCUT2D eigenvalue weighted by Crippen LogP contribution is 2.22. The van der Waals surface area contributed by atoms with E-state index in [1.165, 1.54) is 0 Å². The zero-order chi connectivity index (χ0) is 12.4. The van der Waals surface area contributed by atoms with Crippen molar-refractivity contribution in [1.82, 2.24) is 9.97 Å². The number of aryl methyl sites for hydroxylation is 1. The van der Waals surface area contributed by atoms with Gasteiger partial charge in [0.25, 0.3) is 0 Å². The van der Waals surface area contributed by atoms with Crippen molar-refractivity contribution in [3.8, 4) is 11.4 Å². The number of anilines is 1. The molecule has 6 nitrogen and oxygen atoms in total. The molecule has 0 bridgehead atoms. The molecular weight excluding hydrogens is 220 g/mol. The molecule has 0 radical (unpaired) electrons. The van der Waals surface area contributed by atoms with Crippen molar-refractivity contribution >= 4 is 11.5 Å². The van der Waals surface area contributed by atoms with Crippen LogP contribution in [0.25, 0.3) is 11.4 Å². The first kappa shape index (κ1) is 11.0. The lowest BCUT2D eigenvalue weighted by atomic mass is 10.1. The summed E-state index contributed by atoms with van der Waals surface area (Å²) in [4.78, 5) is 17.8. The molecule has 1 aromatic heterocycles. The zero-order valence-corrected chi connectivity index (χ0v) is 9.12. The summed E-state index contributed by atoms with van der Waals surface area (Å²) in [6, 6.07) is 7.51. The second-order valence-electron chi connectivity index (χ2n) is 3.59. The van der Waals surface area contributed by atoms with Crippen LogP contribution in [-0.2, 0) is 0 Å². The van der Waals surface area contributed by atoms with Gasteiger partial charge in [0.1, 0.15) is 6.20 Å². The normalized spacial score (nSPS) is 10.2. The summed E-state index contributed by atoms with van der Waals surface area (Å²) < 4.78 is 0. The minimum atomic E-state index is -0.603. The van der Waals surface area contributed by atoms with Gasteiger partial charge in [0.05, 0.1) is 4.92 Å². The maximum Gasteiger partial charge on any atom is 0.329 e. The highest BCUT2D eigenvalue weighted by atomic mass is 16.6. The maximum atomic E-state index is 10.6. The van der Waals surface area contributed by atoms with Gasteiger partial charge in [-0.25, -0.2) is 9.97 Å². The van der Waals surface area contributed by atoms with Crippen molar-refractivity contribution in [3.63, 3.8) is 0 Å². The number of nitrogen functional groups attached to an aromatic ring is 1. The second-order valence-corrected chi connectivity index (χ2v) is 3.59. The lowest BCUT2D eigenvalue weighted by Gasteiger charge is -2.01. The molecule has 86 valence electrons. The Labute approximate surface area is 97.3 Å². The molecule has 0 aliphatic carbocycles. The van der Waals surface area contributed by atoms with Crippen LogP contribution in [0.3, 0.4) is 0 Å². The smallest absolute Gasteiger partial charge is 0.329 e. The summed E-state index contributed by atoms with van der Waals surface area (Å²) in [6.45, 7) is 1.97. The predicted octanol–water partition coefficient (Wildman–Crippen LogP) is 1.94. The number of nitrogens with two attached hydrogens (primary N) is 1. The summed E-state index contributed by atoms with van der Waals surface area (Å²) in [5.41, 5.74) is 7.11. The third kappa shape index (κ3) is 2.20. The van der Waals surface area contributed by atoms with Gasteiger partial charge >= 0.3 is 5.69 Å². The van der Waals surface area contributed by atoms with Crippen molar-refractivity contribution < 1.29 is 4.92 Å². The molecule has 0 spiro atoms. The molecule has 1 aromatic carbocycles. The summed E-state index contributed by atoms with van der Waals surface area (Å²) >= 11 is 0. The number of nitro groups is 1. The van der Waals surface area contributed by atoms with E-state index in [4.69, 9.17) is 5.73 Å². The number of hydrogen-bond acceptors (Lipinski definition) is 5. The third-order valence-electron chi connectivity index (χ3n) is 2.30. The second kappa shape index (κ2) is 4.17. The Bertz CT molecular complexity index is 566. The fourth-order valence-electron chi connectivity index (χ4n) is 1.37. The van der Waals surface area contributed by atoms with E-state index >= 15 is 0 Å². The van der Waals surface area contributed by atoms with Crippen LogP contribution in [0.4, 0.5) is 11.5 Å². The molecule has 0 aliphatic heterocycles. The van der Waals surface area contributed by atoms with Gasteiger partial charge in [-0.05, 0) is 6.92 Å². The van der Waals surface area contributed by atoms with Crippen molar-refractivity contribution in [2.75, 3.05) is 5.73 Å². The van der Waals surface area contributed by atoms with Gasteiger partial charge in [0.15, 0.2) is 5.82 Å². The molecule has 0 atom stereocenters. The molecule has 2 rings (SSSR count). The molecule has 2 N–H and O–H groups in total. The van der Waals surface area contributed by atoms with Crippen LogP contribution in [0.5, 0.6) is 0 Å². The van der Waals surface area contributed by atoms with Gasteiger partial charge in [-0.1, -0.05) is 29.8 Å². The van der Waals surface area contributed by atoms with Crippen molar-refractivity contribution in [2.45, 2.75) is 6.92 Å². The summed E-state index contributed by atoms with van der Waals surface area (Å²) in [7, 11) is 0. The van der Waals surface area contributed by atoms with E-state index < -0.39 is 4.92 Å². The SMILES string of the molecule is Cc1ccc(-c2ncc([N+](=O)[O-])c(N)n2)cc1. The van der Waals surface area contributed by atoms with E-state index in [0.29, 0.717) is 5.82 Å². The first-order valence-electron chi connectivity index (χ1n) is 4.92. The molecule has 17 heavy (non-hydrogen) atoms. The molecule has 0 unspecified atom stereocenters. The van der Waals surface area contributed by atoms with Gasteiger partial charge in [-0.15, -0.1) is 0 Å². The first-order chi connectivity index (χ1) is 8.08. The predicted molar refractivity (Wildman–Crippen MR) is 63.3 cm³/mol. The average Bonchev–Trinajstić information content (AvgIpc) is 2.29. The van der Waals surface area contributed by atoms with Crippen molar-refractivity contribution in [3.05, 3.63) is 46.1 Å². The minimum absolute atomic E-state index is 0.124. The zero-order valence-electron chi connectivity index (χ0n) is 9.12. The van der Waals surface area contributed by atoms with E-state index in [1.807, 2.05) is 31.2 Å². The molecular formula is C11H10N4O2. The molecule has 1 heterocycles. The van der Waals surface area contributed by atoms with E-state index in [0.717, 1.165) is 17.3 Å². The Kier molecular flexibility index (Phi) is 2.70. The van der Waals surface area contributed by atoms with Crippen LogP contribution >= 0.6 is 0 Å². The third-order valence-corrected chi connectivity index (χ3v) is 2.30.